The second kappa shape index (κ2) is 7.64. The summed E-state index contributed by atoms with van der Waals surface area (Å²) in [6.45, 7) is 4.14. The van der Waals surface area contributed by atoms with Gasteiger partial charge in [0.1, 0.15) is 17.7 Å². The quantitative estimate of drug-likeness (QED) is 0.523. The highest BCUT2D eigenvalue weighted by Gasteiger charge is 2.67. The number of aromatic nitrogens is 3. The van der Waals surface area contributed by atoms with Crippen LogP contribution in [0.3, 0.4) is 0 Å². The number of halogens is 2. The number of amides is 1. The van der Waals surface area contributed by atoms with Gasteiger partial charge < -0.3 is 9.64 Å². The molecule has 7 rings (SSSR count). The van der Waals surface area contributed by atoms with E-state index < -0.39 is 5.82 Å². The molecule has 2 bridgehead atoms. The predicted octanol–water partition coefficient (Wildman–Crippen LogP) is 4.46. The maximum absolute atomic E-state index is 14.3. The summed E-state index contributed by atoms with van der Waals surface area (Å²) >= 11 is 6.03. The van der Waals surface area contributed by atoms with Gasteiger partial charge in [-0.3, -0.25) is 9.69 Å². The summed E-state index contributed by atoms with van der Waals surface area (Å²) in [5.41, 5.74) is 3.08. The Bertz CT molecular complexity index is 1360. The third-order valence-corrected chi connectivity index (χ3v) is 8.61. The molecule has 1 saturated carbocycles. The van der Waals surface area contributed by atoms with Crippen LogP contribution in [0, 0.1) is 11.7 Å². The fourth-order valence-electron chi connectivity index (χ4n) is 6.93. The van der Waals surface area contributed by atoms with Crippen molar-refractivity contribution in [2.24, 2.45) is 5.92 Å². The number of hydrogen-bond donors (Lipinski definition) is 0. The molecule has 2 saturated heterocycles. The Kier molecular flexibility index (Phi) is 4.71. The zero-order valence-electron chi connectivity index (χ0n) is 19.6. The van der Waals surface area contributed by atoms with Gasteiger partial charge in [0.2, 0.25) is 0 Å². The zero-order chi connectivity index (χ0) is 23.9. The molecule has 1 amide bonds. The van der Waals surface area contributed by atoms with Gasteiger partial charge in [0, 0.05) is 35.8 Å². The van der Waals surface area contributed by atoms with E-state index in [9.17, 15) is 9.18 Å². The van der Waals surface area contributed by atoms with Crippen molar-refractivity contribution in [2.75, 3.05) is 6.54 Å². The van der Waals surface area contributed by atoms with Gasteiger partial charge in [0.25, 0.3) is 5.91 Å². The van der Waals surface area contributed by atoms with Crippen molar-refractivity contribution in [3.63, 3.8) is 0 Å². The average molecular weight is 496 g/mol. The van der Waals surface area contributed by atoms with E-state index in [1.54, 1.807) is 27.9 Å². The molecule has 5 heterocycles. The molecule has 3 fully saturated rings. The van der Waals surface area contributed by atoms with Gasteiger partial charge >= 0.3 is 0 Å². The second-order valence-electron chi connectivity index (χ2n) is 10.5. The summed E-state index contributed by atoms with van der Waals surface area (Å²) in [6, 6.07) is 4.78. The van der Waals surface area contributed by atoms with E-state index in [0.29, 0.717) is 41.1 Å². The van der Waals surface area contributed by atoms with E-state index in [2.05, 4.69) is 21.9 Å². The van der Waals surface area contributed by atoms with Crippen molar-refractivity contribution in [3.8, 4) is 5.75 Å². The number of piperidine rings is 2. The normalized spacial score (nSPS) is 28.9. The molecular formula is C26H27ClFN5O2. The zero-order valence-corrected chi connectivity index (χ0v) is 20.3. The molecule has 4 atom stereocenters. The molecule has 9 heteroatoms. The summed E-state index contributed by atoms with van der Waals surface area (Å²) in [5.74, 6) is 0.542. The number of ether oxygens (including phenoxy) is 1. The second-order valence-corrected chi connectivity index (χ2v) is 11.0. The Morgan fingerprint density at radius 1 is 1.29 bits per heavy atom. The molecule has 182 valence electrons. The lowest BCUT2D eigenvalue weighted by atomic mass is 9.94. The lowest BCUT2D eigenvalue weighted by molar-refractivity contribution is 0.0221. The van der Waals surface area contributed by atoms with E-state index in [0.717, 1.165) is 43.0 Å². The van der Waals surface area contributed by atoms with E-state index in [1.165, 1.54) is 25.0 Å². The molecule has 1 unspecified atom stereocenters. The number of rotatable bonds is 5. The average Bonchev–Trinajstić information content (AvgIpc) is 3.07. The van der Waals surface area contributed by atoms with Gasteiger partial charge in [0.15, 0.2) is 5.65 Å². The first-order valence-electron chi connectivity index (χ1n) is 12.5. The Morgan fingerprint density at radius 2 is 2.17 bits per heavy atom. The largest absolute Gasteiger partial charge is 0.489 e. The van der Waals surface area contributed by atoms with Crippen LogP contribution >= 0.6 is 11.6 Å². The minimum Gasteiger partial charge on any atom is -0.489 e. The van der Waals surface area contributed by atoms with Gasteiger partial charge in [-0.05, 0) is 50.3 Å². The van der Waals surface area contributed by atoms with Crippen LogP contribution in [0.25, 0.3) is 5.65 Å². The number of fused-ring (bicyclic) bond motifs is 4. The van der Waals surface area contributed by atoms with E-state index in [1.807, 2.05) is 0 Å². The molecule has 1 aliphatic carbocycles. The Labute approximate surface area is 207 Å². The molecular weight excluding hydrogens is 469 g/mol. The predicted molar refractivity (Wildman–Crippen MR) is 128 cm³/mol. The van der Waals surface area contributed by atoms with Crippen LogP contribution in [0.1, 0.15) is 60.6 Å². The summed E-state index contributed by atoms with van der Waals surface area (Å²) in [4.78, 5) is 22.4. The van der Waals surface area contributed by atoms with Crippen molar-refractivity contribution in [2.45, 2.75) is 69.8 Å². The molecule has 2 aromatic heterocycles. The minimum atomic E-state index is -0.395. The maximum atomic E-state index is 14.3. The molecule has 7 nitrogen and oxygen atoms in total. The maximum Gasteiger partial charge on any atom is 0.258 e. The number of hydrogen-bond acceptors (Lipinski definition) is 5. The molecule has 0 radical (unpaired) electrons. The summed E-state index contributed by atoms with van der Waals surface area (Å²) in [7, 11) is 0. The SMILES string of the molecule is CCCN1[C@@H]2C[C@@H](Oc3cc(F)ccc3C(=O)N3Cc4nn5cc(Cl)cnc5c4C3)CC13C[C@@H]3C2. The van der Waals surface area contributed by atoms with Crippen LogP contribution in [-0.4, -0.2) is 54.5 Å². The number of benzene rings is 1. The summed E-state index contributed by atoms with van der Waals surface area (Å²) < 4.78 is 22.4. The van der Waals surface area contributed by atoms with E-state index >= 15 is 0 Å². The van der Waals surface area contributed by atoms with Crippen LogP contribution in [-0.2, 0) is 13.1 Å². The number of carbonyl (C=O) groups excluding carboxylic acids is 1. The summed E-state index contributed by atoms with van der Waals surface area (Å²) in [5, 5.41) is 5.05. The molecule has 3 aromatic rings. The molecule has 0 N–H and O–H groups in total. The smallest absolute Gasteiger partial charge is 0.258 e. The fourth-order valence-corrected chi connectivity index (χ4v) is 7.08. The van der Waals surface area contributed by atoms with Gasteiger partial charge in [-0.2, -0.15) is 5.10 Å². The van der Waals surface area contributed by atoms with Crippen LogP contribution in [0.15, 0.2) is 30.6 Å². The fraction of sp³-hybridized carbons (Fsp3) is 0.500. The summed E-state index contributed by atoms with van der Waals surface area (Å²) in [6.07, 6.45) is 8.82. The van der Waals surface area contributed by atoms with Crippen molar-refractivity contribution in [1.82, 2.24) is 24.4 Å². The first kappa shape index (κ1) is 21.6. The molecule has 1 aromatic carbocycles. The van der Waals surface area contributed by atoms with Gasteiger partial charge in [-0.25, -0.2) is 13.9 Å². The third kappa shape index (κ3) is 3.29. The first-order chi connectivity index (χ1) is 16.9. The lowest BCUT2D eigenvalue weighted by Gasteiger charge is -2.42. The lowest BCUT2D eigenvalue weighted by Crippen LogP contribution is -2.50. The molecule has 3 aliphatic heterocycles. The highest BCUT2D eigenvalue weighted by Crippen LogP contribution is 2.64. The van der Waals surface area contributed by atoms with E-state index in [-0.39, 0.29) is 17.6 Å². The Hall–Kier alpha value is -2.71. The molecule has 35 heavy (non-hydrogen) atoms. The highest BCUT2D eigenvalue weighted by molar-refractivity contribution is 6.30. The van der Waals surface area contributed by atoms with Crippen LogP contribution < -0.4 is 4.74 Å². The van der Waals surface area contributed by atoms with Crippen molar-refractivity contribution < 1.29 is 13.9 Å². The standard InChI is InChI=1S/C26H27ClFN5O2/c1-2-5-32-18-6-15-9-26(15,32)10-19(8-18)35-23-7-17(28)3-4-20(23)25(34)31-13-21-22(14-31)30-33-12-16(27)11-29-24(21)33/h3-4,7,11-12,15,18-19H,2,5-6,8-10,13-14H2,1H3/t15-,18-,19+,26?/m0/s1. The first-order valence-corrected chi connectivity index (χ1v) is 12.9. The van der Waals surface area contributed by atoms with Gasteiger partial charge in [-0.1, -0.05) is 18.5 Å². The Morgan fingerprint density at radius 3 is 3.00 bits per heavy atom. The minimum absolute atomic E-state index is 0.00268. The topological polar surface area (TPSA) is 63.0 Å². The number of carbonyl (C=O) groups is 1. The van der Waals surface area contributed by atoms with Gasteiger partial charge in [-0.15, -0.1) is 0 Å². The van der Waals surface area contributed by atoms with Gasteiger partial charge in [0.05, 0.1) is 35.6 Å². The van der Waals surface area contributed by atoms with Crippen molar-refractivity contribution in [1.29, 1.82) is 0 Å². The Balaban J connectivity index is 1.12. The van der Waals surface area contributed by atoms with E-state index in [4.69, 9.17) is 16.3 Å². The van der Waals surface area contributed by atoms with Crippen molar-refractivity contribution >= 4 is 23.2 Å². The molecule has 4 aliphatic rings. The molecule has 1 spiro atoms. The van der Waals surface area contributed by atoms with Crippen molar-refractivity contribution in [3.05, 3.63) is 58.3 Å². The van der Waals surface area contributed by atoms with Crippen LogP contribution in [0.5, 0.6) is 5.75 Å². The van der Waals surface area contributed by atoms with Crippen LogP contribution in [0.4, 0.5) is 4.39 Å². The van der Waals surface area contributed by atoms with Crippen LogP contribution in [0.2, 0.25) is 5.02 Å². The monoisotopic (exact) mass is 495 g/mol. The third-order valence-electron chi connectivity index (χ3n) is 8.41. The highest BCUT2D eigenvalue weighted by atomic mass is 35.5. The number of nitrogens with zero attached hydrogens (tertiary/aromatic N) is 5.